The molecule has 0 bridgehead atoms. The van der Waals surface area contributed by atoms with Crippen LogP contribution in [0.2, 0.25) is 0 Å². The third-order valence-electron chi connectivity index (χ3n) is 2.54. The van der Waals surface area contributed by atoms with Gasteiger partial charge in [0.25, 0.3) is 5.91 Å². The molecule has 0 unspecified atom stereocenters. The molecule has 8 heteroatoms. The summed E-state index contributed by atoms with van der Waals surface area (Å²) in [6.45, 7) is 0.206. The number of benzene rings is 1. The number of rotatable bonds is 7. The van der Waals surface area contributed by atoms with Crippen molar-refractivity contribution >= 4 is 23.5 Å². The number of carboxylic acids is 1. The predicted octanol–water partition coefficient (Wildman–Crippen LogP) is 0.882. The highest BCUT2D eigenvalue weighted by molar-refractivity contribution is 5.94. The summed E-state index contributed by atoms with van der Waals surface area (Å²) in [4.78, 5) is 36.3. The van der Waals surface area contributed by atoms with Gasteiger partial charge in [-0.1, -0.05) is 0 Å². The zero-order chi connectivity index (χ0) is 15.7. The second kappa shape index (κ2) is 8.27. The zero-order valence-corrected chi connectivity index (χ0v) is 11.2. The molecule has 1 aromatic carbocycles. The Morgan fingerprint density at radius 1 is 1.05 bits per heavy atom. The van der Waals surface area contributed by atoms with E-state index >= 15 is 0 Å². The smallest absolute Gasteiger partial charge is 0.385 e. The van der Waals surface area contributed by atoms with Crippen LogP contribution in [-0.4, -0.2) is 36.0 Å². The van der Waals surface area contributed by atoms with Crippen LogP contribution < -0.4 is 10.6 Å². The lowest BCUT2D eigenvalue weighted by atomic mass is 10.2. The Labute approximate surface area is 120 Å². The van der Waals surface area contributed by atoms with Crippen LogP contribution in [0.3, 0.4) is 0 Å². The average Bonchev–Trinajstić information content (AvgIpc) is 2.46. The number of hydrogen-bond acceptors (Lipinski definition) is 4. The van der Waals surface area contributed by atoms with E-state index in [2.05, 4.69) is 15.6 Å². The minimum atomic E-state index is -0.985. The van der Waals surface area contributed by atoms with Crippen LogP contribution in [0.1, 0.15) is 23.2 Å². The van der Waals surface area contributed by atoms with Crippen LogP contribution in [0.15, 0.2) is 24.3 Å². The minimum Gasteiger partial charge on any atom is -0.481 e. The molecule has 1 rings (SSSR count). The van der Waals surface area contributed by atoms with Gasteiger partial charge in [0.1, 0.15) is 0 Å². The van der Waals surface area contributed by atoms with E-state index in [9.17, 15) is 14.4 Å². The summed E-state index contributed by atoms with van der Waals surface area (Å²) in [5.74, 6) is -1.66. The first-order chi connectivity index (χ1) is 10.0. The average molecular weight is 291 g/mol. The van der Waals surface area contributed by atoms with Crippen molar-refractivity contribution in [3.05, 3.63) is 34.8 Å². The number of carbonyl (C=O) groups is 3. The molecule has 3 N–H and O–H groups in total. The molecule has 1 aromatic rings. The number of nitrogens with zero attached hydrogens (tertiary/aromatic N) is 2. The Bertz CT molecular complexity index is 563. The number of amides is 2. The standard InChI is InChI=1S/C13H14N4O4/c14-17-10-3-1-9(2-4-10)13(21)16-7-5-11(18)15-8-6-12(19)20/h1-4H,5-8H2,(H2-,15,16,18,19,20,21)/p+1. The van der Waals surface area contributed by atoms with Gasteiger partial charge in [0.05, 0.1) is 6.42 Å². The Morgan fingerprint density at radius 2 is 1.67 bits per heavy atom. The molecule has 0 radical (unpaired) electrons. The van der Waals surface area contributed by atoms with Gasteiger partial charge in [-0.25, -0.2) is 0 Å². The predicted molar refractivity (Wildman–Crippen MR) is 73.4 cm³/mol. The highest BCUT2D eigenvalue weighted by Gasteiger charge is 2.09. The third kappa shape index (κ3) is 6.15. The maximum absolute atomic E-state index is 11.7. The Hall–Kier alpha value is -2.95. The molecule has 0 heterocycles. The highest BCUT2D eigenvalue weighted by Crippen LogP contribution is 2.12. The first-order valence-corrected chi connectivity index (χ1v) is 6.25. The van der Waals surface area contributed by atoms with Gasteiger partial charge >= 0.3 is 11.7 Å². The lowest BCUT2D eigenvalue weighted by molar-refractivity contribution is -0.136. The van der Waals surface area contributed by atoms with Gasteiger partial charge < -0.3 is 15.7 Å². The van der Waals surface area contributed by atoms with Gasteiger partial charge in [-0.05, 0) is 12.1 Å². The summed E-state index contributed by atoms with van der Waals surface area (Å²) in [6, 6.07) is 5.95. The first kappa shape index (κ1) is 16.1. The van der Waals surface area contributed by atoms with Crippen LogP contribution in [0.25, 0.3) is 4.98 Å². The largest absolute Gasteiger partial charge is 0.481 e. The van der Waals surface area contributed by atoms with Gasteiger partial charge in [0.15, 0.2) is 4.98 Å². The van der Waals surface area contributed by atoms with Crippen LogP contribution in [0.4, 0.5) is 5.69 Å². The second-order valence-electron chi connectivity index (χ2n) is 4.15. The van der Waals surface area contributed by atoms with Crippen LogP contribution in [-0.2, 0) is 9.59 Å². The fraction of sp³-hybridized carbons (Fsp3) is 0.308. The number of carbonyl (C=O) groups excluding carboxylic acids is 2. The van der Waals surface area contributed by atoms with E-state index in [4.69, 9.17) is 10.5 Å². The number of nitrogens with one attached hydrogen (secondary N) is 2. The summed E-state index contributed by atoms with van der Waals surface area (Å²) < 4.78 is 0. The molecule has 21 heavy (non-hydrogen) atoms. The Balaban J connectivity index is 2.28. The molecule has 0 saturated heterocycles. The molecule has 0 aliphatic rings. The van der Waals surface area contributed by atoms with Crippen molar-refractivity contribution in [1.82, 2.24) is 10.6 Å². The summed E-state index contributed by atoms with van der Waals surface area (Å²) >= 11 is 0. The van der Waals surface area contributed by atoms with Crippen molar-refractivity contribution in [3.8, 4) is 0 Å². The molecule has 0 aromatic heterocycles. The lowest BCUT2D eigenvalue weighted by Crippen LogP contribution is -2.31. The van der Waals surface area contributed by atoms with E-state index in [0.717, 1.165) is 0 Å². The fourth-order valence-electron chi connectivity index (χ4n) is 1.47. The molecular formula is C13H15N4O4+. The molecule has 2 amide bonds. The van der Waals surface area contributed by atoms with E-state index in [-0.39, 0.29) is 37.7 Å². The molecule has 110 valence electrons. The quantitative estimate of drug-likeness (QED) is 0.643. The summed E-state index contributed by atoms with van der Waals surface area (Å²) in [7, 11) is 0. The van der Waals surface area contributed by atoms with Crippen molar-refractivity contribution in [1.29, 1.82) is 5.39 Å². The Morgan fingerprint density at radius 3 is 2.24 bits per heavy atom. The molecular weight excluding hydrogens is 276 g/mol. The molecule has 0 saturated carbocycles. The number of carboxylic acid groups (broad SMARTS) is 1. The molecule has 0 spiro atoms. The molecule has 8 nitrogen and oxygen atoms in total. The van der Waals surface area contributed by atoms with Crippen molar-refractivity contribution in [2.24, 2.45) is 0 Å². The van der Waals surface area contributed by atoms with Crippen molar-refractivity contribution in [2.75, 3.05) is 13.1 Å². The second-order valence-corrected chi connectivity index (χ2v) is 4.15. The number of hydrogen-bond donors (Lipinski definition) is 3. The molecule has 0 atom stereocenters. The van der Waals surface area contributed by atoms with Gasteiger partial charge in [-0.2, -0.15) is 0 Å². The fourth-order valence-corrected chi connectivity index (χ4v) is 1.47. The first-order valence-electron chi connectivity index (χ1n) is 6.25. The van der Waals surface area contributed by atoms with Crippen LogP contribution in [0.5, 0.6) is 0 Å². The monoisotopic (exact) mass is 291 g/mol. The minimum absolute atomic E-state index is 0.0637. The van der Waals surface area contributed by atoms with E-state index in [0.29, 0.717) is 11.3 Å². The lowest BCUT2D eigenvalue weighted by Gasteiger charge is -2.05. The van der Waals surface area contributed by atoms with Gasteiger partial charge in [0, 0.05) is 37.2 Å². The summed E-state index contributed by atoms with van der Waals surface area (Å²) in [6.07, 6.45) is -0.0736. The van der Waals surface area contributed by atoms with E-state index in [1.165, 1.54) is 24.3 Å². The van der Waals surface area contributed by atoms with Gasteiger partial charge in [-0.15, -0.1) is 0 Å². The third-order valence-corrected chi connectivity index (χ3v) is 2.54. The zero-order valence-electron chi connectivity index (χ0n) is 11.2. The van der Waals surface area contributed by atoms with E-state index in [1.54, 1.807) is 0 Å². The van der Waals surface area contributed by atoms with E-state index < -0.39 is 5.97 Å². The van der Waals surface area contributed by atoms with Gasteiger partial charge in [-0.3, -0.25) is 14.4 Å². The normalized spacial score (nSPS) is 9.48. The summed E-state index contributed by atoms with van der Waals surface area (Å²) in [5.41, 5.74) is 0.720. The maximum atomic E-state index is 11.7. The van der Waals surface area contributed by atoms with Crippen molar-refractivity contribution in [2.45, 2.75) is 12.8 Å². The van der Waals surface area contributed by atoms with Crippen LogP contribution >= 0.6 is 0 Å². The van der Waals surface area contributed by atoms with Crippen LogP contribution in [0, 0.1) is 5.39 Å². The molecule has 0 aliphatic heterocycles. The Kier molecular flexibility index (Phi) is 6.34. The topological polar surface area (TPSA) is 124 Å². The van der Waals surface area contributed by atoms with Crippen molar-refractivity contribution in [3.63, 3.8) is 0 Å². The molecule has 0 aliphatic carbocycles. The van der Waals surface area contributed by atoms with Gasteiger partial charge in [0.2, 0.25) is 11.3 Å². The number of aliphatic carboxylic acids is 1. The number of diazo groups is 1. The van der Waals surface area contributed by atoms with E-state index in [1.807, 2.05) is 0 Å². The highest BCUT2D eigenvalue weighted by atomic mass is 16.4. The summed E-state index contributed by atoms with van der Waals surface area (Å²) in [5, 5.41) is 21.9. The maximum Gasteiger partial charge on any atom is 0.385 e. The molecule has 0 fully saturated rings. The van der Waals surface area contributed by atoms with Crippen molar-refractivity contribution < 1.29 is 19.5 Å². The SMILES string of the molecule is N#[N+]c1ccc(C(=O)NCCC(=O)NCCC(=O)O)cc1.